The van der Waals surface area contributed by atoms with Crippen LogP contribution in [-0.4, -0.2) is 46.8 Å². The van der Waals surface area contributed by atoms with Crippen molar-refractivity contribution < 1.29 is 14.4 Å². The van der Waals surface area contributed by atoms with Crippen molar-refractivity contribution in [1.29, 1.82) is 0 Å². The number of anilines is 1. The van der Waals surface area contributed by atoms with Gasteiger partial charge in [-0.15, -0.1) is 11.3 Å². The molecule has 0 aliphatic carbocycles. The maximum atomic E-state index is 13.8. The van der Waals surface area contributed by atoms with E-state index >= 15 is 0 Å². The third-order valence-corrected chi connectivity index (χ3v) is 7.58. The number of ketones is 2. The van der Waals surface area contributed by atoms with E-state index in [4.69, 9.17) is 11.6 Å². The molecule has 11 nitrogen and oxygen atoms in total. The molecule has 0 bridgehead atoms. The fourth-order valence-corrected chi connectivity index (χ4v) is 5.19. The van der Waals surface area contributed by atoms with Crippen molar-refractivity contribution in [3.8, 4) is 11.4 Å². The maximum Gasteiger partial charge on any atom is 0.262 e. The average molecular weight is 616 g/mol. The van der Waals surface area contributed by atoms with Gasteiger partial charge in [0.15, 0.2) is 0 Å². The smallest absolute Gasteiger partial charge is 0.262 e. The first-order valence-electron chi connectivity index (χ1n) is 13.1. The van der Waals surface area contributed by atoms with Gasteiger partial charge >= 0.3 is 0 Å². The quantitative estimate of drug-likeness (QED) is 0.226. The number of carbonyl (C=O) groups excluding carboxylic acids is 3. The molecule has 0 aliphatic rings. The molecule has 0 spiro atoms. The predicted molar refractivity (Wildman–Crippen MR) is 163 cm³/mol. The normalized spacial score (nSPS) is 11.3. The molecule has 0 fully saturated rings. The summed E-state index contributed by atoms with van der Waals surface area (Å²) in [4.78, 5) is 66.7. The number of pyridine rings is 2. The lowest BCUT2D eigenvalue weighted by Crippen LogP contribution is -2.31. The van der Waals surface area contributed by atoms with Crippen LogP contribution in [0.5, 0.6) is 0 Å². The molecule has 0 saturated carbocycles. The molecule has 5 rings (SSSR count). The zero-order valence-electron chi connectivity index (χ0n) is 23.4. The van der Waals surface area contributed by atoms with Gasteiger partial charge in [0.2, 0.25) is 11.6 Å². The van der Waals surface area contributed by atoms with Crippen LogP contribution < -0.4 is 10.9 Å². The van der Waals surface area contributed by atoms with Gasteiger partial charge in [-0.2, -0.15) is 9.78 Å². The van der Waals surface area contributed by atoms with Gasteiger partial charge in [-0.25, -0.2) is 4.98 Å². The SMILES string of the molecule is CC(C)(C)C(=O)n1nc(-c2ccc(C(=O)c3ccccn3)c(=O)n2CC(=O)c2cnccn2)cc1NCc1ccc(Cl)s1. The Morgan fingerprint density at radius 3 is 2.42 bits per heavy atom. The lowest BCUT2D eigenvalue weighted by atomic mass is 9.96. The van der Waals surface area contributed by atoms with E-state index in [-0.39, 0.29) is 34.2 Å². The first kappa shape index (κ1) is 29.7. The van der Waals surface area contributed by atoms with Crippen LogP contribution in [0.15, 0.2) is 78.1 Å². The molecule has 0 saturated heterocycles. The summed E-state index contributed by atoms with van der Waals surface area (Å²) in [5, 5.41) is 7.80. The van der Waals surface area contributed by atoms with E-state index in [0.29, 0.717) is 16.7 Å². The van der Waals surface area contributed by atoms with Crippen molar-refractivity contribution in [2.24, 2.45) is 5.41 Å². The van der Waals surface area contributed by atoms with Gasteiger partial charge in [0.05, 0.1) is 34.9 Å². The van der Waals surface area contributed by atoms with Gasteiger partial charge in [-0.05, 0) is 36.4 Å². The molecule has 0 radical (unpaired) electrons. The Kier molecular flexibility index (Phi) is 8.42. The van der Waals surface area contributed by atoms with Crippen LogP contribution in [0.2, 0.25) is 4.34 Å². The van der Waals surface area contributed by atoms with E-state index < -0.39 is 29.1 Å². The fraction of sp³-hybridized carbons (Fsp3) is 0.200. The highest BCUT2D eigenvalue weighted by molar-refractivity contribution is 7.16. The summed E-state index contributed by atoms with van der Waals surface area (Å²) in [6, 6.07) is 13.0. The van der Waals surface area contributed by atoms with Gasteiger partial charge in [0.25, 0.3) is 11.5 Å². The number of hydrogen-bond donors (Lipinski definition) is 1. The first-order chi connectivity index (χ1) is 20.5. The second kappa shape index (κ2) is 12.2. The van der Waals surface area contributed by atoms with Gasteiger partial charge in [-0.1, -0.05) is 38.4 Å². The summed E-state index contributed by atoms with van der Waals surface area (Å²) in [7, 11) is 0. The van der Waals surface area contributed by atoms with E-state index in [1.165, 1.54) is 59.0 Å². The van der Waals surface area contributed by atoms with E-state index in [9.17, 15) is 19.2 Å². The molecule has 13 heteroatoms. The van der Waals surface area contributed by atoms with E-state index in [1.54, 1.807) is 45.0 Å². The Labute approximate surface area is 255 Å². The second-order valence-corrected chi connectivity index (χ2v) is 12.3. The molecule has 5 aromatic heterocycles. The molecule has 0 atom stereocenters. The van der Waals surface area contributed by atoms with Crippen molar-refractivity contribution in [3.63, 3.8) is 0 Å². The van der Waals surface area contributed by atoms with Gasteiger partial charge < -0.3 is 5.32 Å². The fourth-order valence-electron chi connectivity index (χ4n) is 4.16. The highest BCUT2D eigenvalue weighted by Crippen LogP contribution is 2.28. The Balaban J connectivity index is 1.62. The van der Waals surface area contributed by atoms with Crippen molar-refractivity contribution >= 4 is 46.2 Å². The molecular formula is C30H26ClN7O4S. The number of thiophene rings is 1. The third-order valence-electron chi connectivity index (χ3n) is 6.35. The molecule has 5 heterocycles. The standard InChI is InChI=1S/C30H26ClN7O4S/c1-30(2,3)29(42)38-26(35-15-18-7-10-25(31)43-18)14-21(36-38)23-9-8-19(27(40)20-6-4-5-11-33-20)28(41)37(23)17-24(39)22-16-32-12-13-34-22/h4-14,16,35H,15,17H2,1-3H3. The number of aromatic nitrogens is 6. The number of rotatable bonds is 9. The minimum Gasteiger partial charge on any atom is -0.365 e. The summed E-state index contributed by atoms with van der Waals surface area (Å²) in [6.07, 6.45) is 5.55. The van der Waals surface area contributed by atoms with Crippen LogP contribution in [0.3, 0.4) is 0 Å². The third kappa shape index (κ3) is 6.50. The van der Waals surface area contributed by atoms with Crippen molar-refractivity contribution in [2.45, 2.75) is 33.9 Å². The maximum absolute atomic E-state index is 13.8. The Bertz CT molecular complexity index is 1880. The van der Waals surface area contributed by atoms with Gasteiger partial charge in [-0.3, -0.25) is 33.7 Å². The van der Waals surface area contributed by atoms with Gasteiger partial charge in [0.1, 0.15) is 22.9 Å². The molecule has 218 valence electrons. The number of carbonyl (C=O) groups is 3. The second-order valence-electron chi connectivity index (χ2n) is 10.5. The summed E-state index contributed by atoms with van der Waals surface area (Å²) >= 11 is 7.48. The Hall–Kier alpha value is -4.81. The number of Topliss-reactive ketones (excluding diaryl/α,β-unsaturated/α-hetero) is 1. The summed E-state index contributed by atoms with van der Waals surface area (Å²) in [5.74, 6) is -1.01. The van der Waals surface area contributed by atoms with Crippen LogP contribution in [0.25, 0.3) is 11.4 Å². The summed E-state index contributed by atoms with van der Waals surface area (Å²) in [5.41, 5.74) is -1.08. The topological polar surface area (TPSA) is 142 Å². The van der Waals surface area contributed by atoms with Crippen molar-refractivity contribution in [2.75, 3.05) is 5.32 Å². The largest absolute Gasteiger partial charge is 0.365 e. The number of nitrogens with zero attached hydrogens (tertiary/aromatic N) is 6. The van der Waals surface area contributed by atoms with Crippen LogP contribution in [0.1, 0.15) is 57.0 Å². The number of halogens is 1. The molecule has 0 unspecified atom stereocenters. The highest BCUT2D eigenvalue weighted by Gasteiger charge is 2.28. The van der Waals surface area contributed by atoms with Crippen LogP contribution in [0.4, 0.5) is 5.82 Å². The van der Waals surface area contributed by atoms with Crippen molar-refractivity contribution in [1.82, 2.24) is 29.3 Å². The lowest BCUT2D eigenvalue weighted by molar-refractivity contribution is 0.0751. The lowest BCUT2D eigenvalue weighted by Gasteiger charge is -2.18. The zero-order chi connectivity index (χ0) is 30.7. The Morgan fingerprint density at radius 1 is 0.977 bits per heavy atom. The zero-order valence-corrected chi connectivity index (χ0v) is 25.0. The molecule has 1 N–H and O–H groups in total. The van der Waals surface area contributed by atoms with Crippen molar-refractivity contribution in [3.05, 3.63) is 110 Å². The van der Waals surface area contributed by atoms with E-state index in [2.05, 4.69) is 25.4 Å². The van der Waals surface area contributed by atoms with Crippen LogP contribution in [-0.2, 0) is 13.1 Å². The summed E-state index contributed by atoms with van der Waals surface area (Å²) < 4.78 is 3.04. The highest BCUT2D eigenvalue weighted by atomic mass is 35.5. The van der Waals surface area contributed by atoms with Crippen LogP contribution in [0, 0.1) is 5.41 Å². The summed E-state index contributed by atoms with van der Waals surface area (Å²) in [6.45, 7) is 5.23. The predicted octanol–water partition coefficient (Wildman–Crippen LogP) is 5.02. The first-order valence-corrected chi connectivity index (χ1v) is 14.3. The molecule has 0 amide bonds. The molecule has 0 aromatic carbocycles. The Morgan fingerprint density at radius 2 is 1.77 bits per heavy atom. The van der Waals surface area contributed by atoms with E-state index in [1.807, 2.05) is 6.07 Å². The minimum absolute atomic E-state index is 0.0483. The minimum atomic E-state index is -0.785. The average Bonchev–Trinajstić information content (AvgIpc) is 3.62. The van der Waals surface area contributed by atoms with Crippen LogP contribution >= 0.6 is 22.9 Å². The molecule has 43 heavy (non-hydrogen) atoms. The molecule has 0 aliphatic heterocycles. The van der Waals surface area contributed by atoms with Gasteiger partial charge in [0, 0.05) is 34.9 Å². The number of hydrogen-bond acceptors (Lipinski definition) is 10. The monoisotopic (exact) mass is 615 g/mol. The molecule has 5 aromatic rings. The number of nitrogens with one attached hydrogen (secondary N) is 1. The van der Waals surface area contributed by atoms with E-state index in [0.717, 1.165) is 9.44 Å². The molecular weight excluding hydrogens is 590 g/mol.